The van der Waals surface area contributed by atoms with Crippen molar-refractivity contribution in [3.8, 4) is 0 Å². The lowest BCUT2D eigenvalue weighted by Gasteiger charge is -2.45. The van der Waals surface area contributed by atoms with Crippen LogP contribution in [0, 0.1) is 12.8 Å². The second kappa shape index (κ2) is 8.15. The van der Waals surface area contributed by atoms with E-state index in [9.17, 15) is 9.59 Å². The zero-order valence-electron chi connectivity index (χ0n) is 16.7. The molecule has 1 saturated heterocycles. The SMILES string of the molecule is Cc1ccc(NC(=O)C2CCN(C(=O)C3(c4ccc(Cl)cc4)CCC3)CC2)nc1. The van der Waals surface area contributed by atoms with Gasteiger partial charge in [-0.05, 0) is 61.9 Å². The molecule has 2 heterocycles. The van der Waals surface area contributed by atoms with E-state index in [-0.39, 0.29) is 17.7 Å². The highest BCUT2D eigenvalue weighted by Gasteiger charge is 2.48. The molecule has 1 aliphatic heterocycles. The van der Waals surface area contributed by atoms with Crippen molar-refractivity contribution >= 4 is 29.2 Å². The molecule has 0 spiro atoms. The Labute approximate surface area is 176 Å². The van der Waals surface area contributed by atoms with Crippen molar-refractivity contribution in [2.75, 3.05) is 18.4 Å². The Kier molecular flexibility index (Phi) is 5.59. The molecule has 5 nitrogen and oxygen atoms in total. The lowest BCUT2D eigenvalue weighted by Crippen LogP contribution is -2.53. The standard InChI is InChI=1S/C23H26ClN3O2/c1-16-3-8-20(25-15-16)26-21(28)17-9-13-27(14-10-17)22(29)23(11-2-12-23)18-4-6-19(24)7-5-18/h3-8,15,17H,2,9-14H2,1H3,(H,25,26,28). The van der Waals surface area contributed by atoms with Crippen LogP contribution in [-0.4, -0.2) is 34.8 Å². The van der Waals surface area contributed by atoms with E-state index in [1.807, 2.05) is 48.2 Å². The Balaban J connectivity index is 1.37. The molecule has 1 aliphatic carbocycles. The zero-order chi connectivity index (χ0) is 20.4. The number of benzene rings is 1. The van der Waals surface area contributed by atoms with E-state index in [0.29, 0.717) is 36.8 Å². The molecule has 1 saturated carbocycles. The minimum absolute atomic E-state index is 0.00971. The second-order valence-corrected chi connectivity index (χ2v) is 8.66. The van der Waals surface area contributed by atoms with Crippen molar-refractivity contribution < 1.29 is 9.59 Å². The molecular weight excluding hydrogens is 386 g/mol. The minimum Gasteiger partial charge on any atom is -0.342 e. The molecule has 2 aliphatic rings. The van der Waals surface area contributed by atoms with Gasteiger partial charge in [0.25, 0.3) is 0 Å². The first-order valence-corrected chi connectivity index (χ1v) is 10.6. The number of hydrogen-bond donors (Lipinski definition) is 1. The van der Waals surface area contributed by atoms with Crippen LogP contribution in [0.3, 0.4) is 0 Å². The van der Waals surface area contributed by atoms with Crippen molar-refractivity contribution in [2.45, 2.75) is 44.4 Å². The van der Waals surface area contributed by atoms with Gasteiger partial charge in [0.15, 0.2) is 0 Å². The van der Waals surface area contributed by atoms with Gasteiger partial charge in [0.05, 0.1) is 5.41 Å². The molecule has 0 radical (unpaired) electrons. The van der Waals surface area contributed by atoms with E-state index in [4.69, 9.17) is 11.6 Å². The third-order valence-electron chi connectivity index (χ3n) is 6.33. The molecule has 0 bridgehead atoms. The Morgan fingerprint density at radius 1 is 1.10 bits per heavy atom. The number of amides is 2. The third kappa shape index (κ3) is 4.01. The summed E-state index contributed by atoms with van der Waals surface area (Å²) < 4.78 is 0. The molecule has 4 rings (SSSR count). The van der Waals surface area contributed by atoms with Crippen molar-refractivity contribution in [2.24, 2.45) is 5.92 Å². The number of likely N-dealkylation sites (tertiary alicyclic amines) is 1. The molecule has 2 aromatic rings. The maximum atomic E-state index is 13.4. The first-order valence-electron chi connectivity index (χ1n) is 10.3. The third-order valence-corrected chi connectivity index (χ3v) is 6.58. The quantitative estimate of drug-likeness (QED) is 0.813. The van der Waals surface area contributed by atoms with Gasteiger partial charge >= 0.3 is 0 Å². The van der Waals surface area contributed by atoms with Crippen LogP contribution in [0.5, 0.6) is 0 Å². The average molecular weight is 412 g/mol. The summed E-state index contributed by atoms with van der Waals surface area (Å²) in [5.41, 5.74) is 1.70. The number of carbonyl (C=O) groups is 2. The summed E-state index contributed by atoms with van der Waals surface area (Å²) in [5.74, 6) is 0.680. The van der Waals surface area contributed by atoms with Gasteiger partial charge in [0.2, 0.25) is 11.8 Å². The fraction of sp³-hybridized carbons (Fsp3) is 0.435. The van der Waals surface area contributed by atoms with Gasteiger partial charge in [-0.3, -0.25) is 9.59 Å². The first kappa shape index (κ1) is 19.9. The molecule has 2 fully saturated rings. The summed E-state index contributed by atoms with van der Waals surface area (Å²) in [6.45, 7) is 3.20. The second-order valence-electron chi connectivity index (χ2n) is 8.22. The molecule has 152 valence electrons. The zero-order valence-corrected chi connectivity index (χ0v) is 17.4. The number of hydrogen-bond acceptors (Lipinski definition) is 3. The predicted octanol–water partition coefficient (Wildman–Crippen LogP) is 4.34. The maximum Gasteiger partial charge on any atom is 0.233 e. The van der Waals surface area contributed by atoms with Crippen LogP contribution in [0.25, 0.3) is 0 Å². The fourth-order valence-electron chi connectivity index (χ4n) is 4.34. The van der Waals surface area contributed by atoms with Crippen LogP contribution in [0.4, 0.5) is 5.82 Å². The Morgan fingerprint density at radius 2 is 1.79 bits per heavy atom. The van der Waals surface area contributed by atoms with E-state index in [2.05, 4.69) is 10.3 Å². The van der Waals surface area contributed by atoms with Gasteiger partial charge in [-0.1, -0.05) is 36.2 Å². The summed E-state index contributed by atoms with van der Waals surface area (Å²) in [4.78, 5) is 32.1. The number of anilines is 1. The molecule has 1 aromatic heterocycles. The first-order chi connectivity index (χ1) is 14.0. The summed E-state index contributed by atoms with van der Waals surface area (Å²) >= 11 is 6.02. The molecule has 0 atom stereocenters. The van der Waals surface area contributed by atoms with Crippen molar-refractivity contribution in [3.63, 3.8) is 0 Å². The molecule has 2 amide bonds. The topological polar surface area (TPSA) is 62.3 Å². The van der Waals surface area contributed by atoms with Crippen LogP contribution in [0.2, 0.25) is 5.02 Å². The van der Waals surface area contributed by atoms with Gasteiger partial charge in [-0.25, -0.2) is 4.98 Å². The number of nitrogens with zero attached hydrogens (tertiary/aromatic N) is 2. The normalized spacial score (nSPS) is 18.8. The number of aromatic nitrogens is 1. The predicted molar refractivity (Wildman–Crippen MR) is 114 cm³/mol. The smallest absolute Gasteiger partial charge is 0.233 e. The number of piperidine rings is 1. The van der Waals surface area contributed by atoms with Crippen molar-refractivity contribution in [1.29, 1.82) is 0 Å². The van der Waals surface area contributed by atoms with Crippen LogP contribution < -0.4 is 5.32 Å². The monoisotopic (exact) mass is 411 g/mol. The summed E-state index contributed by atoms with van der Waals surface area (Å²) in [7, 11) is 0. The maximum absolute atomic E-state index is 13.4. The average Bonchev–Trinajstić information content (AvgIpc) is 2.70. The van der Waals surface area contributed by atoms with Crippen LogP contribution in [0.1, 0.15) is 43.2 Å². The number of pyridine rings is 1. The number of nitrogens with one attached hydrogen (secondary N) is 1. The van der Waals surface area contributed by atoms with E-state index in [1.165, 1.54) is 0 Å². The van der Waals surface area contributed by atoms with Crippen LogP contribution in [0.15, 0.2) is 42.6 Å². The highest BCUT2D eigenvalue weighted by Crippen LogP contribution is 2.46. The number of rotatable bonds is 4. The van der Waals surface area contributed by atoms with E-state index < -0.39 is 5.41 Å². The van der Waals surface area contributed by atoms with E-state index >= 15 is 0 Å². The van der Waals surface area contributed by atoms with E-state index in [1.54, 1.807) is 6.20 Å². The molecule has 29 heavy (non-hydrogen) atoms. The minimum atomic E-state index is -0.411. The Morgan fingerprint density at radius 3 is 2.34 bits per heavy atom. The molecule has 6 heteroatoms. The molecular formula is C23H26ClN3O2. The molecule has 1 N–H and O–H groups in total. The highest BCUT2D eigenvalue weighted by atomic mass is 35.5. The summed E-state index contributed by atoms with van der Waals surface area (Å²) in [5, 5.41) is 3.59. The fourth-order valence-corrected chi connectivity index (χ4v) is 4.47. The van der Waals surface area contributed by atoms with E-state index in [0.717, 1.165) is 30.4 Å². The van der Waals surface area contributed by atoms with Gasteiger partial charge in [0.1, 0.15) is 5.82 Å². The van der Waals surface area contributed by atoms with Gasteiger partial charge < -0.3 is 10.2 Å². The summed E-state index contributed by atoms with van der Waals surface area (Å²) in [6, 6.07) is 11.4. The lowest BCUT2D eigenvalue weighted by molar-refractivity contribution is -0.143. The van der Waals surface area contributed by atoms with Crippen LogP contribution >= 0.6 is 11.6 Å². The highest BCUT2D eigenvalue weighted by molar-refractivity contribution is 6.30. The Bertz CT molecular complexity index is 883. The van der Waals surface area contributed by atoms with Crippen molar-refractivity contribution in [1.82, 2.24) is 9.88 Å². The number of aryl methyl sites for hydroxylation is 1. The largest absolute Gasteiger partial charge is 0.342 e. The molecule has 0 unspecified atom stereocenters. The van der Waals surface area contributed by atoms with Crippen LogP contribution in [-0.2, 0) is 15.0 Å². The summed E-state index contributed by atoms with van der Waals surface area (Å²) in [6.07, 6.45) is 5.93. The van der Waals surface area contributed by atoms with Gasteiger partial charge in [-0.15, -0.1) is 0 Å². The van der Waals surface area contributed by atoms with Gasteiger partial charge in [0, 0.05) is 30.2 Å². The number of halogens is 1. The Hall–Kier alpha value is -2.40. The number of carbonyl (C=O) groups excluding carboxylic acids is 2. The molecule has 1 aromatic carbocycles. The van der Waals surface area contributed by atoms with Gasteiger partial charge in [-0.2, -0.15) is 0 Å². The van der Waals surface area contributed by atoms with Crippen molar-refractivity contribution in [3.05, 3.63) is 58.7 Å². The lowest BCUT2D eigenvalue weighted by atomic mass is 9.63.